The van der Waals surface area contributed by atoms with E-state index in [9.17, 15) is 0 Å². The van der Waals surface area contributed by atoms with E-state index < -0.39 is 0 Å². The van der Waals surface area contributed by atoms with Gasteiger partial charge in [0.2, 0.25) is 0 Å². The molecule has 1 saturated heterocycles. The first-order valence-electron chi connectivity index (χ1n) is 5.51. The molecule has 0 bridgehead atoms. The zero-order valence-electron chi connectivity index (χ0n) is 9.64. The highest BCUT2D eigenvalue weighted by atomic mass is 16.5. The normalized spacial score (nSPS) is 25.4. The Morgan fingerprint density at radius 3 is 2.88 bits per heavy atom. The van der Waals surface area contributed by atoms with Crippen LogP contribution < -0.4 is 10.1 Å². The van der Waals surface area contributed by atoms with Crippen LogP contribution in [0.4, 0.5) is 0 Å². The van der Waals surface area contributed by atoms with Crippen molar-refractivity contribution >= 4 is 0 Å². The van der Waals surface area contributed by atoms with Crippen molar-refractivity contribution in [1.29, 1.82) is 0 Å². The minimum absolute atomic E-state index is 0.0775. The van der Waals surface area contributed by atoms with Crippen molar-refractivity contribution in [2.24, 2.45) is 0 Å². The second-order valence-corrected chi connectivity index (χ2v) is 4.08. The molecule has 0 aromatic carbocycles. The first kappa shape index (κ1) is 11.3. The van der Waals surface area contributed by atoms with E-state index >= 15 is 0 Å². The van der Waals surface area contributed by atoms with Crippen molar-refractivity contribution in [2.45, 2.75) is 26.1 Å². The summed E-state index contributed by atoms with van der Waals surface area (Å²) < 4.78 is 11.2. The SMILES string of the molecule is Cc1cnc(OCC2CNCC(C)O2)nc1. The molecular formula is C11H17N3O2. The third kappa shape index (κ3) is 3.15. The molecule has 1 aliphatic heterocycles. The number of rotatable bonds is 3. The topological polar surface area (TPSA) is 56.3 Å². The Morgan fingerprint density at radius 2 is 2.19 bits per heavy atom. The molecule has 0 amide bonds. The molecule has 88 valence electrons. The van der Waals surface area contributed by atoms with Crippen LogP contribution in [-0.4, -0.2) is 41.9 Å². The van der Waals surface area contributed by atoms with Gasteiger partial charge in [-0.15, -0.1) is 0 Å². The van der Waals surface area contributed by atoms with Gasteiger partial charge in [-0.1, -0.05) is 0 Å². The fraction of sp³-hybridized carbons (Fsp3) is 0.636. The summed E-state index contributed by atoms with van der Waals surface area (Å²) in [6.45, 7) is 6.19. The number of aryl methyl sites for hydroxylation is 1. The molecule has 1 fully saturated rings. The van der Waals surface area contributed by atoms with Gasteiger partial charge in [0.25, 0.3) is 0 Å². The summed E-state index contributed by atoms with van der Waals surface area (Å²) in [7, 11) is 0. The monoisotopic (exact) mass is 223 g/mol. The lowest BCUT2D eigenvalue weighted by molar-refractivity contribution is -0.0483. The number of morpholine rings is 1. The van der Waals surface area contributed by atoms with Crippen LogP contribution in [0.15, 0.2) is 12.4 Å². The van der Waals surface area contributed by atoms with Gasteiger partial charge in [-0.3, -0.25) is 0 Å². The first-order chi connectivity index (χ1) is 7.74. The van der Waals surface area contributed by atoms with Gasteiger partial charge in [-0.25, -0.2) is 9.97 Å². The predicted molar refractivity (Wildman–Crippen MR) is 59.5 cm³/mol. The van der Waals surface area contributed by atoms with Crippen LogP contribution in [-0.2, 0) is 4.74 Å². The number of hydrogen-bond acceptors (Lipinski definition) is 5. The van der Waals surface area contributed by atoms with Crippen molar-refractivity contribution < 1.29 is 9.47 Å². The summed E-state index contributed by atoms with van der Waals surface area (Å²) >= 11 is 0. The Labute approximate surface area is 95.2 Å². The fourth-order valence-corrected chi connectivity index (χ4v) is 1.59. The van der Waals surface area contributed by atoms with Gasteiger partial charge in [-0.2, -0.15) is 0 Å². The van der Waals surface area contributed by atoms with Crippen LogP contribution >= 0.6 is 0 Å². The molecule has 0 saturated carbocycles. The van der Waals surface area contributed by atoms with Gasteiger partial charge < -0.3 is 14.8 Å². The van der Waals surface area contributed by atoms with Crippen molar-refractivity contribution in [3.63, 3.8) is 0 Å². The molecule has 0 aliphatic carbocycles. The average Bonchev–Trinajstić information content (AvgIpc) is 2.28. The van der Waals surface area contributed by atoms with Crippen LogP contribution in [0.5, 0.6) is 6.01 Å². The summed E-state index contributed by atoms with van der Waals surface area (Å²) in [5.41, 5.74) is 1.02. The van der Waals surface area contributed by atoms with E-state index in [-0.39, 0.29) is 12.2 Å². The molecule has 0 spiro atoms. The maximum atomic E-state index is 5.69. The first-order valence-corrected chi connectivity index (χ1v) is 5.51. The smallest absolute Gasteiger partial charge is 0.316 e. The van der Waals surface area contributed by atoms with Gasteiger partial charge in [0.1, 0.15) is 12.7 Å². The van der Waals surface area contributed by atoms with Crippen LogP contribution in [0.2, 0.25) is 0 Å². The molecule has 5 nitrogen and oxygen atoms in total. The van der Waals surface area contributed by atoms with E-state index in [0.29, 0.717) is 12.6 Å². The molecule has 2 unspecified atom stereocenters. The number of hydrogen-bond donors (Lipinski definition) is 1. The van der Waals surface area contributed by atoms with Gasteiger partial charge in [-0.05, 0) is 19.4 Å². The Bertz CT molecular complexity index is 329. The van der Waals surface area contributed by atoms with Crippen LogP contribution in [0.3, 0.4) is 0 Å². The van der Waals surface area contributed by atoms with Crippen LogP contribution in [0, 0.1) is 6.92 Å². The molecule has 1 N–H and O–H groups in total. The van der Waals surface area contributed by atoms with E-state index in [2.05, 4.69) is 15.3 Å². The second-order valence-electron chi connectivity index (χ2n) is 4.08. The van der Waals surface area contributed by atoms with Crippen molar-refractivity contribution in [3.05, 3.63) is 18.0 Å². The van der Waals surface area contributed by atoms with Gasteiger partial charge in [0.05, 0.1) is 6.10 Å². The summed E-state index contributed by atoms with van der Waals surface area (Å²) in [6, 6.07) is 0.410. The van der Waals surface area contributed by atoms with E-state index in [1.807, 2.05) is 13.8 Å². The Hall–Kier alpha value is -1.20. The lowest BCUT2D eigenvalue weighted by Crippen LogP contribution is -2.45. The third-order valence-corrected chi connectivity index (χ3v) is 2.38. The highest BCUT2D eigenvalue weighted by Gasteiger charge is 2.19. The number of nitrogens with zero attached hydrogens (tertiary/aromatic N) is 2. The zero-order valence-corrected chi connectivity index (χ0v) is 9.64. The van der Waals surface area contributed by atoms with Crippen LogP contribution in [0.1, 0.15) is 12.5 Å². The molecule has 2 rings (SSSR count). The number of ether oxygens (including phenoxy) is 2. The minimum Gasteiger partial charge on any atom is -0.461 e. The Balaban J connectivity index is 1.80. The number of aromatic nitrogens is 2. The third-order valence-electron chi connectivity index (χ3n) is 2.38. The highest BCUT2D eigenvalue weighted by Crippen LogP contribution is 2.06. The molecule has 1 aliphatic rings. The minimum atomic E-state index is 0.0775. The summed E-state index contributed by atoms with van der Waals surface area (Å²) in [5, 5.41) is 3.28. The van der Waals surface area contributed by atoms with Gasteiger partial charge >= 0.3 is 6.01 Å². The van der Waals surface area contributed by atoms with Gasteiger partial charge in [0, 0.05) is 25.5 Å². The highest BCUT2D eigenvalue weighted by molar-refractivity contribution is 5.04. The maximum Gasteiger partial charge on any atom is 0.316 e. The molecule has 16 heavy (non-hydrogen) atoms. The fourth-order valence-electron chi connectivity index (χ4n) is 1.59. The van der Waals surface area contributed by atoms with Crippen LogP contribution in [0.25, 0.3) is 0 Å². The van der Waals surface area contributed by atoms with Crippen molar-refractivity contribution in [1.82, 2.24) is 15.3 Å². The Kier molecular flexibility index (Phi) is 3.69. The molecule has 2 heterocycles. The molecule has 5 heteroatoms. The molecule has 0 radical (unpaired) electrons. The van der Waals surface area contributed by atoms with Gasteiger partial charge in [0.15, 0.2) is 0 Å². The molecular weight excluding hydrogens is 206 g/mol. The average molecular weight is 223 g/mol. The zero-order chi connectivity index (χ0) is 11.4. The Morgan fingerprint density at radius 1 is 1.44 bits per heavy atom. The van der Waals surface area contributed by atoms with E-state index in [1.165, 1.54) is 0 Å². The van der Waals surface area contributed by atoms with E-state index in [1.54, 1.807) is 12.4 Å². The van der Waals surface area contributed by atoms with Crippen molar-refractivity contribution in [2.75, 3.05) is 19.7 Å². The lowest BCUT2D eigenvalue weighted by Gasteiger charge is -2.28. The quantitative estimate of drug-likeness (QED) is 0.810. The second kappa shape index (κ2) is 5.23. The van der Waals surface area contributed by atoms with Crippen molar-refractivity contribution in [3.8, 4) is 6.01 Å². The standard InChI is InChI=1S/C11H17N3O2/c1-8-3-13-11(14-4-8)15-7-10-6-12-5-9(2)16-10/h3-4,9-10,12H,5-7H2,1-2H3. The summed E-state index contributed by atoms with van der Waals surface area (Å²) in [5.74, 6) is 0. The largest absolute Gasteiger partial charge is 0.461 e. The van der Waals surface area contributed by atoms with E-state index in [4.69, 9.17) is 9.47 Å². The number of nitrogens with one attached hydrogen (secondary N) is 1. The van der Waals surface area contributed by atoms with E-state index in [0.717, 1.165) is 18.7 Å². The molecule has 1 aromatic rings. The molecule has 2 atom stereocenters. The molecule has 1 aromatic heterocycles. The summed E-state index contributed by atoms with van der Waals surface area (Å²) in [4.78, 5) is 8.14. The predicted octanol–water partition coefficient (Wildman–Crippen LogP) is 0.541. The lowest BCUT2D eigenvalue weighted by atomic mass is 10.2. The summed E-state index contributed by atoms with van der Waals surface area (Å²) in [6.07, 6.45) is 3.80. The maximum absolute atomic E-state index is 5.69.